The topological polar surface area (TPSA) is 72.6 Å². The van der Waals surface area contributed by atoms with Crippen molar-refractivity contribution in [2.45, 2.75) is 19.4 Å². The van der Waals surface area contributed by atoms with Crippen LogP contribution in [0.1, 0.15) is 18.1 Å². The fourth-order valence-corrected chi connectivity index (χ4v) is 2.98. The summed E-state index contributed by atoms with van der Waals surface area (Å²) in [5.74, 6) is 0.00505. The predicted octanol–water partition coefficient (Wildman–Crippen LogP) is 2.54. The van der Waals surface area contributed by atoms with E-state index in [1.165, 1.54) is 5.56 Å². The van der Waals surface area contributed by atoms with Gasteiger partial charge in [0.15, 0.2) is 6.61 Å². The molecule has 2 amide bonds. The molecule has 1 atom stereocenters. The summed E-state index contributed by atoms with van der Waals surface area (Å²) < 4.78 is 5.21. The third kappa shape index (κ3) is 3.88. The zero-order valence-electron chi connectivity index (χ0n) is 14.0. The number of rotatable bonds is 5. The van der Waals surface area contributed by atoms with Crippen molar-refractivity contribution in [1.29, 1.82) is 0 Å². The number of ether oxygens (including phenoxy) is 1. The Bertz CT molecular complexity index is 812. The minimum absolute atomic E-state index is 0.0356. The summed E-state index contributed by atoms with van der Waals surface area (Å²) in [5, 5.41) is 0. The zero-order chi connectivity index (χ0) is 17.8. The van der Waals surface area contributed by atoms with E-state index in [1.807, 2.05) is 35.2 Å². The Morgan fingerprint density at radius 2 is 1.92 bits per heavy atom. The molecule has 2 aromatic rings. The minimum atomic E-state index is -0.519. The highest BCUT2D eigenvalue weighted by Gasteiger charge is 2.29. The number of hydrogen-bond acceptors (Lipinski definition) is 3. The fraction of sp³-hybridized carbons (Fsp3) is 0.200. The van der Waals surface area contributed by atoms with Gasteiger partial charge in [-0.25, -0.2) is 0 Å². The van der Waals surface area contributed by atoms with Crippen LogP contribution in [0.3, 0.4) is 0 Å². The lowest BCUT2D eigenvalue weighted by molar-refractivity contribution is -0.120. The normalized spacial score (nSPS) is 16.0. The number of para-hydroxylation sites is 1. The second kappa shape index (κ2) is 7.21. The summed E-state index contributed by atoms with van der Waals surface area (Å²) in [6.07, 6.45) is 4.23. The molecular formula is C20H20N2O3. The maximum absolute atomic E-state index is 12.6. The SMILES string of the molecule is CC1Cc2ccccc2N1C(=O)/C=C/c1ccc(OCC(N)=O)cc1. The van der Waals surface area contributed by atoms with E-state index in [0.29, 0.717) is 5.75 Å². The average molecular weight is 336 g/mol. The number of carbonyl (C=O) groups excluding carboxylic acids is 2. The third-order valence-corrected chi connectivity index (χ3v) is 4.12. The molecule has 1 unspecified atom stereocenters. The van der Waals surface area contributed by atoms with Crippen LogP contribution in [0.25, 0.3) is 6.08 Å². The van der Waals surface area contributed by atoms with Crippen molar-refractivity contribution in [1.82, 2.24) is 0 Å². The van der Waals surface area contributed by atoms with Crippen LogP contribution in [0.5, 0.6) is 5.75 Å². The fourth-order valence-electron chi connectivity index (χ4n) is 2.98. The van der Waals surface area contributed by atoms with Crippen LogP contribution in [-0.2, 0) is 16.0 Å². The summed E-state index contributed by atoms with van der Waals surface area (Å²) in [5.41, 5.74) is 8.10. The van der Waals surface area contributed by atoms with Gasteiger partial charge in [0.1, 0.15) is 5.75 Å². The first-order valence-corrected chi connectivity index (χ1v) is 8.15. The van der Waals surface area contributed by atoms with E-state index in [4.69, 9.17) is 10.5 Å². The highest BCUT2D eigenvalue weighted by Crippen LogP contribution is 2.32. The first kappa shape index (κ1) is 16.8. The molecule has 3 rings (SSSR count). The van der Waals surface area contributed by atoms with Gasteiger partial charge >= 0.3 is 0 Å². The van der Waals surface area contributed by atoms with Gasteiger partial charge in [0.25, 0.3) is 11.8 Å². The van der Waals surface area contributed by atoms with Crippen LogP contribution < -0.4 is 15.4 Å². The smallest absolute Gasteiger partial charge is 0.255 e. The molecule has 0 saturated heterocycles. The van der Waals surface area contributed by atoms with E-state index in [-0.39, 0.29) is 18.6 Å². The van der Waals surface area contributed by atoms with Crippen molar-refractivity contribution in [2.24, 2.45) is 5.73 Å². The maximum atomic E-state index is 12.6. The summed E-state index contributed by atoms with van der Waals surface area (Å²) >= 11 is 0. The minimum Gasteiger partial charge on any atom is -0.484 e. The Kier molecular flexibility index (Phi) is 4.84. The number of benzene rings is 2. The number of anilines is 1. The summed E-state index contributed by atoms with van der Waals surface area (Å²) in [6.45, 7) is 1.90. The lowest BCUT2D eigenvalue weighted by atomic mass is 10.1. The van der Waals surface area contributed by atoms with Crippen LogP contribution in [0.2, 0.25) is 0 Å². The van der Waals surface area contributed by atoms with Crippen molar-refractivity contribution in [3.8, 4) is 5.75 Å². The standard InChI is InChI=1S/C20H20N2O3/c1-14-12-16-4-2-3-5-18(16)22(14)20(24)11-8-15-6-9-17(10-7-15)25-13-19(21)23/h2-11,14H,12-13H2,1H3,(H2,21,23)/b11-8+. The van der Waals surface area contributed by atoms with Crippen LogP contribution >= 0.6 is 0 Å². The molecular weight excluding hydrogens is 316 g/mol. The van der Waals surface area contributed by atoms with Crippen LogP contribution in [-0.4, -0.2) is 24.5 Å². The second-order valence-corrected chi connectivity index (χ2v) is 6.05. The van der Waals surface area contributed by atoms with Gasteiger partial charge in [-0.3, -0.25) is 9.59 Å². The maximum Gasteiger partial charge on any atom is 0.255 e. The number of fused-ring (bicyclic) bond motifs is 1. The summed E-state index contributed by atoms with van der Waals surface area (Å²) in [6, 6.07) is 15.3. The second-order valence-electron chi connectivity index (χ2n) is 6.05. The molecule has 0 saturated carbocycles. The number of nitrogens with zero attached hydrogens (tertiary/aromatic N) is 1. The average Bonchev–Trinajstić information content (AvgIpc) is 2.94. The molecule has 2 N–H and O–H groups in total. The van der Waals surface area contributed by atoms with Gasteiger partial charge in [-0.2, -0.15) is 0 Å². The number of amides is 2. The van der Waals surface area contributed by atoms with Gasteiger partial charge in [0, 0.05) is 17.8 Å². The molecule has 1 heterocycles. The molecule has 2 aromatic carbocycles. The Morgan fingerprint density at radius 1 is 1.20 bits per heavy atom. The number of primary amides is 1. The largest absolute Gasteiger partial charge is 0.484 e. The molecule has 0 radical (unpaired) electrons. The first-order valence-electron chi connectivity index (χ1n) is 8.15. The van der Waals surface area contributed by atoms with Gasteiger partial charge < -0.3 is 15.4 Å². The van der Waals surface area contributed by atoms with Crippen molar-refractivity contribution in [2.75, 3.05) is 11.5 Å². The lowest BCUT2D eigenvalue weighted by Crippen LogP contribution is -2.34. The summed E-state index contributed by atoms with van der Waals surface area (Å²) in [7, 11) is 0. The zero-order valence-corrected chi connectivity index (χ0v) is 14.0. The molecule has 0 spiro atoms. The highest BCUT2D eigenvalue weighted by molar-refractivity contribution is 6.05. The Hall–Kier alpha value is -3.08. The molecule has 0 aliphatic carbocycles. The number of hydrogen-bond donors (Lipinski definition) is 1. The molecule has 5 nitrogen and oxygen atoms in total. The predicted molar refractivity (Wildman–Crippen MR) is 97.3 cm³/mol. The summed E-state index contributed by atoms with van der Waals surface area (Å²) in [4.78, 5) is 25.1. The van der Waals surface area contributed by atoms with Gasteiger partial charge in [-0.1, -0.05) is 30.3 Å². The van der Waals surface area contributed by atoms with E-state index >= 15 is 0 Å². The highest BCUT2D eigenvalue weighted by atomic mass is 16.5. The van der Waals surface area contributed by atoms with Crippen LogP contribution in [0, 0.1) is 0 Å². The lowest BCUT2D eigenvalue weighted by Gasteiger charge is -2.20. The number of nitrogens with two attached hydrogens (primary N) is 1. The van der Waals surface area contributed by atoms with Crippen molar-refractivity contribution in [3.63, 3.8) is 0 Å². The Morgan fingerprint density at radius 3 is 2.64 bits per heavy atom. The molecule has 128 valence electrons. The monoisotopic (exact) mass is 336 g/mol. The third-order valence-electron chi connectivity index (χ3n) is 4.12. The Balaban J connectivity index is 1.68. The molecule has 0 fully saturated rings. The molecule has 5 heteroatoms. The number of carbonyl (C=O) groups is 2. The van der Waals surface area contributed by atoms with Gasteiger partial charge in [-0.05, 0) is 48.7 Å². The van der Waals surface area contributed by atoms with Gasteiger partial charge in [0.2, 0.25) is 0 Å². The van der Waals surface area contributed by atoms with Gasteiger partial charge in [0.05, 0.1) is 0 Å². The van der Waals surface area contributed by atoms with E-state index in [0.717, 1.165) is 17.7 Å². The van der Waals surface area contributed by atoms with Crippen molar-refractivity contribution in [3.05, 3.63) is 65.7 Å². The van der Waals surface area contributed by atoms with Crippen molar-refractivity contribution >= 4 is 23.6 Å². The van der Waals surface area contributed by atoms with E-state index in [9.17, 15) is 9.59 Å². The first-order chi connectivity index (χ1) is 12.0. The van der Waals surface area contributed by atoms with Crippen molar-refractivity contribution < 1.29 is 14.3 Å². The van der Waals surface area contributed by atoms with E-state index in [1.54, 1.807) is 24.3 Å². The Labute approximate surface area is 146 Å². The quantitative estimate of drug-likeness (QED) is 0.853. The van der Waals surface area contributed by atoms with Crippen LogP contribution in [0.15, 0.2) is 54.6 Å². The molecule has 0 bridgehead atoms. The molecule has 25 heavy (non-hydrogen) atoms. The molecule has 0 aromatic heterocycles. The van der Waals surface area contributed by atoms with Crippen LogP contribution in [0.4, 0.5) is 5.69 Å². The van der Waals surface area contributed by atoms with E-state index in [2.05, 4.69) is 13.0 Å². The van der Waals surface area contributed by atoms with E-state index < -0.39 is 5.91 Å². The molecule has 1 aliphatic rings. The molecule has 1 aliphatic heterocycles. The van der Waals surface area contributed by atoms with Gasteiger partial charge in [-0.15, -0.1) is 0 Å².